The van der Waals surface area contributed by atoms with E-state index >= 15 is 0 Å². The van der Waals surface area contributed by atoms with E-state index in [1.807, 2.05) is 24.5 Å². The lowest BCUT2D eigenvalue weighted by atomic mass is 10.1. The molecule has 2 amide bonds. The molecule has 0 bridgehead atoms. The van der Waals surface area contributed by atoms with Crippen molar-refractivity contribution in [2.75, 3.05) is 24.4 Å². The van der Waals surface area contributed by atoms with Crippen molar-refractivity contribution in [3.05, 3.63) is 65.0 Å². The van der Waals surface area contributed by atoms with Crippen LogP contribution in [0.5, 0.6) is 0 Å². The minimum Gasteiger partial charge on any atom is -0.467 e. The van der Waals surface area contributed by atoms with Gasteiger partial charge in [0, 0.05) is 11.1 Å². The van der Waals surface area contributed by atoms with Crippen molar-refractivity contribution in [3.8, 4) is 11.1 Å². The first-order valence-corrected chi connectivity index (χ1v) is 10.7. The quantitative estimate of drug-likeness (QED) is 0.440. The molecule has 1 unspecified atom stereocenters. The zero-order valence-corrected chi connectivity index (χ0v) is 17.5. The van der Waals surface area contributed by atoms with Crippen LogP contribution in [0.4, 0.5) is 10.5 Å². The Morgan fingerprint density at radius 1 is 1.13 bits per heavy atom. The second kappa shape index (κ2) is 9.98. The molecule has 2 aromatic carbocycles. The van der Waals surface area contributed by atoms with Crippen molar-refractivity contribution in [2.45, 2.75) is 12.5 Å². The zero-order valence-electron chi connectivity index (χ0n) is 16.6. The number of carbonyl (C=O) groups excluding carboxylic acids is 2. The zero-order chi connectivity index (χ0) is 21.5. The van der Waals surface area contributed by atoms with E-state index in [9.17, 15) is 14.4 Å². The molecule has 3 aromatic rings. The lowest BCUT2D eigenvalue weighted by Crippen LogP contribution is -2.44. The Bertz CT molecular complexity index is 1090. The maximum atomic E-state index is 12.3. The summed E-state index contributed by atoms with van der Waals surface area (Å²) in [6.45, 7) is 0. The number of methoxy groups -OCH3 is 1. The molecule has 3 rings (SSSR count). The summed E-state index contributed by atoms with van der Waals surface area (Å²) >= 11 is 1.58. The molecule has 0 fully saturated rings. The Morgan fingerprint density at radius 2 is 1.87 bits per heavy atom. The molecule has 7 nitrogen and oxygen atoms in total. The highest BCUT2D eigenvalue weighted by atomic mass is 32.2. The van der Waals surface area contributed by atoms with Crippen LogP contribution in [0, 0.1) is 0 Å². The summed E-state index contributed by atoms with van der Waals surface area (Å²) in [4.78, 5) is 36.4. The van der Waals surface area contributed by atoms with Gasteiger partial charge in [0.15, 0.2) is 0 Å². The standard InChI is InChI=1S/C22H22N2O5S/c1-28-21(26)18(11-12-30-2)24-22(27)23-16-9-7-14(8-10-16)17-13-15-5-3-4-6-19(15)29-20(17)25/h3-10,13,18H,11-12H2,1-2H3,(H2,23,24,27). The average molecular weight is 426 g/mol. The second-order valence-electron chi connectivity index (χ2n) is 6.52. The summed E-state index contributed by atoms with van der Waals surface area (Å²) in [7, 11) is 1.29. The molecule has 0 saturated heterocycles. The van der Waals surface area contributed by atoms with Crippen LogP contribution in [-0.2, 0) is 9.53 Å². The van der Waals surface area contributed by atoms with Crippen molar-refractivity contribution in [3.63, 3.8) is 0 Å². The van der Waals surface area contributed by atoms with Gasteiger partial charge in [0.25, 0.3) is 0 Å². The fourth-order valence-corrected chi connectivity index (χ4v) is 3.42. The van der Waals surface area contributed by atoms with Gasteiger partial charge >= 0.3 is 17.6 Å². The normalized spacial score (nSPS) is 11.7. The third kappa shape index (κ3) is 5.21. The number of thioether (sulfide) groups is 1. The molecule has 2 N–H and O–H groups in total. The molecule has 0 spiro atoms. The van der Waals surface area contributed by atoms with E-state index in [0.717, 1.165) is 5.39 Å². The minimum atomic E-state index is -0.719. The van der Waals surface area contributed by atoms with E-state index in [2.05, 4.69) is 10.6 Å². The van der Waals surface area contributed by atoms with Gasteiger partial charge in [0.1, 0.15) is 11.6 Å². The molecule has 8 heteroatoms. The van der Waals surface area contributed by atoms with Crippen LogP contribution in [0.1, 0.15) is 6.42 Å². The number of urea groups is 1. The molecular weight excluding hydrogens is 404 g/mol. The maximum absolute atomic E-state index is 12.3. The SMILES string of the molecule is COC(=O)C(CCSC)NC(=O)Nc1ccc(-c2cc3ccccc3oc2=O)cc1. The second-order valence-corrected chi connectivity index (χ2v) is 7.50. The van der Waals surface area contributed by atoms with Crippen LogP contribution in [0.3, 0.4) is 0 Å². The molecule has 30 heavy (non-hydrogen) atoms. The number of fused-ring (bicyclic) bond motifs is 1. The predicted octanol–water partition coefficient (Wildman–Crippen LogP) is 3.88. The molecule has 0 aliphatic heterocycles. The molecule has 156 valence electrons. The number of ether oxygens (including phenoxy) is 1. The molecule has 1 atom stereocenters. The topological polar surface area (TPSA) is 97.6 Å². The number of amides is 2. The number of esters is 1. The number of carbonyl (C=O) groups is 2. The third-order valence-corrected chi connectivity index (χ3v) is 5.14. The van der Waals surface area contributed by atoms with Gasteiger partial charge in [-0.25, -0.2) is 14.4 Å². The van der Waals surface area contributed by atoms with Gasteiger partial charge in [-0.1, -0.05) is 30.3 Å². The number of hydrogen-bond acceptors (Lipinski definition) is 6. The number of rotatable bonds is 7. The smallest absolute Gasteiger partial charge is 0.344 e. The third-order valence-electron chi connectivity index (χ3n) is 4.50. The van der Waals surface area contributed by atoms with E-state index in [0.29, 0.717) is 34.6 Å². The van der Waals surface area contributed by atoms with Crippen LogP contribution < -0.4 is 16.3 Å². The number of hydrogen-bond donors (Lipinski definition) is 2. The van der Waals surface area contributed by atoms with Crippen molar-refractivity contribution in [1.82, 2.24) is 5.32 Å². The van der Waals surface area contributed by atoms with Crippen molar-refractivity contribution < 1.29 is 18.7 Å². The molecule has 0 aliphatic rings. The van der Waals surface area contributed by atoms with Gasteiger partial charge in [-0.05, 0) is 48.3 Å². The maximum Gasteiger partial charge on any atom is 0.344 e. The largest absolute Gasteiger partial charge is 0.467 e. The van der Waals surface area contributed by atoms with Gasteiger partial charge in [0.05, 0.1) is 12.7 Å². The van der Waals surface area contributed by atoms with Gasteiger partial charge in [-0.15, -0.1) is 0 Å². The Hall–Kier alpha value is -3.26. The first-order valence-electron chi connectivity index (χ1n) is 9.29. The fraction of sp³-hybridized carbons (Fsp3) is 0.227. The van der Waals surface area contributed by atoms with Crippen molar-refractivity contribution in [1.29, 1.82) is 0 Å². The lowest BCUT2D eigenvalue weighted by Gasteiger charge is -2.16. The summed E-state index contributed by atoms with van der Waals surface area (Å²) < 4.78 is 10.1. The molecule has 0 saturated carbocycles. The van der Waals surface area contributed by atoms with Crippen LogP contribution in [0.15, 0.2) is 63.8 Å². The summed E-state index contributed by atoms with van der Waals surface area (Å²) in [5, 5.41) is 6.13. The fourth-order valence-electron chi connectivity index (χ4n) is 2.95. The first kappa shape index (κ1) is 21.4. The Morgan fingerprint density at radius 3 is 2.57 bits per heavy atom. The van der Waals surface area contributed by atoms with Crippen LogP contribution in [0.25, 0.3) is 22.1 Å². The van der Waals surface area contributed by atoms with Gasteiger partial charge < -0.3 is 19.8 Å². The van der Waals surface area contributed by atoms with Gasteiger partial charge in [0.2, 0.25) is 0 Å². The van der Waals surface area contributed by atoms with Crippen molar-refractivity contribution >= 4 is 40.4 Å². The highest BCUT2D eigenvalue weighted by Crippen LogP contribution is 2.22. The molecule has 1 aromatic heterocycles. The Kier molecular flexibility index (Phi) is 7.13. The van der Waals surface area contributed by atoms with Crippen LogP contribution in [-0.4, -0.2) is 37.2 Å². The van der Waals surface area contributed by atoms with Crippen molar-refractivity contribution in [2.24, 2.45) is 0 Å². The number of anilines is 1. The Balaban J connectivity index is 1.71. The van der Waals surface area contributed by atoms with E-state index in [1.165, 1.54) is 7.11 Å². The number of para-hydroxylation sites is 1. The summed E-state index contributed by atoms with van der Waals surface area (Å²) in [5.74, 6) is 0.223. The predicted molar refractivity (Wildman–Crippen MR) is 119 cm³/mol. The van der Waals surface area contributed by atoms with Crippen LogP contribution in [0.2, 0.25) is 0 Å². The van der Waals surface area contributed by atoms with E-state index in [4.69, 9.17) is 9.15 Å². The first-order chi connectivity index (χ1) is 14.5. The Labute approximate surface area is 177 Å². The average Bonchev–Trinajstić information content (AvgIpc) is 2.76. The molecule has 0 aliphatic carbocycles. The lowest BCUT2D eigenvalue weighted by molar-refractivity contribution is -0.142. The number of benzene rings is 2. The van der Waals surface area contributed by atoms with E-state index < -0.39 is 23.7 Å². The van der Waals surface area contributed by atoms with Gasteiger partial charge in [-0.2, -0.15) is 11.8 Å². The molecular formula is C22H22N2O5S. The highest BCUT2D eigenvalue weighted by Gasteiger charge is 2.21. The summed E-state index contributed by atoms with van der Waals surface area (Å²) in [5.41, 5.74) is 1.74. The summed E-state index contributed by atoms with van der Waals surface area (Å²) in [6.07, 6.45) is 2.39. The highest BCUT2D eigenvalue weighted by molar-refractivity contribution is 7.98. The van der Waals surface area contributed by atoms with Gasteiger partial charge in [-0.3, -0.25) is 0 Å². The summed E-state index contributed by atoms with van der Waals surface area (Å²) in [6, 6.07) is 14.7. The molecule has 0 radical (unpaired) electrons. The minimum absolute atomic E-state index is 0.429. The van der Waals surface area contributed by atoms with E-state index in [-0.39, 0.29) is 0 Å². The van der Waals surface area contributed by atoms with E-state index in [1.54, 1.807) is 48.2 Å². The number of nitrogens with one attached hydrogen (secondary N) is 2. The molecule has 1 heterocycles. The monoisotopic (exact) mass is 426 g/mol. The van der Waals surface area contributed by atoms with Crippen LogP contribution >= 0.6 is 11.8 Å².